The molecular formula is C27H38N2O5. The molecule has 34 heavy (non-hydrogen) atoms. The van der Waals surface area contributed by atoms with Crippen LogP contribution in [0, 0.1) is 44.6 Å². The maximum Gasteiger partial charge on any atom is 0.269 e. The van der Waals surface area contributed by atoms with Crippen LogP contribution in [-0.2, 0) is 21.2 Å². The molecule has 5 rings (SSSR count). The lowest BCUT2D eigenvalue weighted by Crippen LogP contribution is -2.62. The quantitative estimate of drug-likeness (QED) is 0.321. The average molecular weight is 471 g/mol. The van der Waals surface area contributed by atoms with Crippen molar-refractivity contribution in [3.63, 3.8) is 0 Å². The lowest BCUT2D eigenvalue weighted by molar-refractivity contribution is -0.384. The van der Waals surface area contributed by atoms with Crippen LogP contribution in [0.5, 0.6) is 0 Å². The third-order valence-corrected chi connectivity index (χ3v) is 10.2. The molecule has 186 valence electrons. The van der Waals surface area contributed by atoms with Gasteiger partial charge >= 0.3 is 0 Å². The van der Waals surface area contributed by atoms with E-state index in [2.05, 4.69) is 25.7 Å². The van der Waals surface area contributed by atoms with E-state index in [4.69, 9.17) is 9.78 Å². The first-order valence-corrected chi connectivity index (χ1v) is 12.9. The van der Waals surface area contributed by atoms with Crippen LogP contribution >= 0.6 is 0 Å². The number of fused-ring (bicyclic) bond motifs is 5. The Hall–Kier alpha value is -1.99. The van der Waals surface area contributed by atoms with Crippen molar-refractivity contribution in [3.05, 3.63) is 39.9 Å². The predicted molar refractivity (Wildman–Crippen MR) is 127 cm³/mol. The zero-order chi connectivity index (χ0) is 24.3. The van der Waals surface area contributed by atoms with Gasteiger partial charge in [0.15, 0.2) is 0 Å². The number of carbonyl (C=O) groups is 1. The number of nitrogens with zero attached hydrogens (tertiary/aromatic N) is 2. The van der Waals surface area contributed by atoms with Gasteiger partial charge in [0.25, 0.3) is 5.69 Å². The van der Waals surface area contributed by atoms with Crippen LogP contribution in [0.1, 0.15) is 71.3 Å². The number of hydrogen-bond acceptors (Lipinski definition) is 5. The molecule has 0 bridgehead atoms. The van der Waals surface area contributed by atoms with Crippen LogP contribution < -0.4 is 0 Å². The summed E-state index contributed by atoms with van der Waals surface area (Å²) in [5, 5.41) is 10.8. The first-order valence-electron chi connectivity index (χ1n) is 12.9. The average Bonchev–Trinajstić information content (AvgIpc) is 3.14. The van der Waals surface area contributed by atoms with E-state index in [1.165, 1.54) is 25.0 Å². The topological polar surface area (TPSA) is 81.9 Å². The Morgan fingerprint density at radius 3 is 2.59 bits per heavy atom. The van der Waals surface area contributed by atoms with Crippen molar-refractivity contribution in [2.24, 2.45) is 34.5 Å². The van der Waals surface area contributed by atoms with E-state index >= 15 is 0 Å². The Morgan fingerprint density at radius 1 is 1.15 bits per heavy atom. The molecule has 7 nitrogen and oxygen atoms in total. The van der Waals surface area contributed by atoms with E-state index < -0.39 is 4.92 Å². The number of non-ortho nitro benzene ring substituents is 1. The molecule has 3 saturated carbocycles. The van der Waals surface area contributed by atoms with Crippen LogP contribution in [0.2, 0.25) is 0 Å². The largest absolute Gasteiger partial charge is 0.342 e. The lowest BCUT2D eigenvalue weighted by atomic mass is 9.45. The Balaban J connectivity index is 1.25. The SMILES string of the molecule is CC1CC2N(C)C(=O)CC[C@]2(C)C2CC[C@]3(C)CC(OOCc4ccc([N+](=O)[O-])cc4)CC3C12. The number of likely N-dealkylation sites (tertiary alicyclic amines) is 1. The molecule has 6 unspecified atom stereocenters. The van der Waals surface area contributed by atoms with Crippen molar-refractivity contribution in [1.82, 2.24) is 4.90 Å². The Labute approximate surface area is 202 Å². The van der Waals surface area contributed by atoms with Crippen molar-refractivity contribution in [2.75, 3.05) is 7.05 Å². The molecule has 1 saturated heterocycles. The van der Waals surface area contributed by atoms with Gasteiger partial charge < -0.3 is 4.90 Å². The highest BCUT2D eigenvalue weighted by molar-refractivity contribution is 5.77. The van der Waals surface area contributed by atoms with E-state index in [0.29, 0.717) is 48.6 Å². The summed E-state index contributed by atoms with van der Waals surface area (Å²) in [6.45, 7) is 7.61. The maximum absolute atomic E-state index is 12.4. The summed E-state index contributed by atoms with van der Waals surface area (Å²) in [5.41, 5.74) is 1.43. The number of hydrogen-bond donors (Lipinski definition) is 0. The summed E-state index contributed by atoms with van der Waals surface area (Å²) >= 11 is 0. The van der Waals surface area contributed by atoms with Gasteiger partial charge in [0.1, 0.15) is 6.61 Å². The van der Waals surface area contributed by atoms with Gasteiger partial charge in [-0.15, -0.1) is 0 Å². The summed E-state index contributed by atoms with van der Waals surface area (Å²) < 4.78 is 0. The number of nitro benzene ring substituents is 1. The van der Waals surface area contributed by atoms with Gasteiger partial charge in [0.2, 0.25) is 5.91 Å². The van der Waals surface area contributed by atoms with E-state index in [0.717, 1.165) is 31.2 Å². The van der Waals surface area contributed by atoms with Gasteiger partial charge in [0, 0.05) is 31.6 Å². The number of nitro groups is 1. The minimum atomic E-state index is -0.395. The summed E-state index contributed by atoms with van der Waals surface area (Å²) in [4.78, 5) is 36.5. The van der Waals surface area contributed by atoms with Crippen molar-refractivity contribution in [3.8, 4) is 0 Å². The van der Waals surface area contributed by atoms with Crippen molar-refractivity contribution < 1.29 is 19.5 Å². The van der Waals surface area contributed by atoms with Gasteiger partial charge in [-0.25, -0.2) is 9.78 Å². The van der Waals surface area contributed by atoms with Crippen molar-refractivity contribution in [1.29, 1.82) is 0 Å². The molecule has 1 heterocycles. The zero-order valence-electron chi connectivity index (χ0n) is 20.9. The van der Waals surface area contributed by atoms with Gasteiger partial charge in [-0.3, -0.25) is 14.9 Å². The molecule has 1 aromatic carbocycles. The number of piperidine rings is 1. The van der Waals surface area contributed by atoms with E-state index in [9.17, 15) is 14.9 Å². The molecule has 0 aromatic heterocycles. The number of carbonyl (C=O) groups excluding carboxylic acids is 1. The molecule has 3 aliphatic carbocycles. The molecule has 8 atom stereocenters. The van der Waals surface area contributed by atoms with Gasteiger partial charge in [0.05, 0.1) is 11.0 Å². The number of rotatable bonds is 5. The fourth-order valence-corrected chi connectivity index (χ4v) is 8.44. The lowest BCUT2D eigenvalue weighted by Gasteiger charge is -2.63. The first-order chi connectivity index (χ1) is 16.1. The monoisotopic (exact) mass is 470 g/mol. The molecule has 1 amide bonds. The van der Waals surface area contributed by atoms with Crippen LogP contribution in [-0.4, -0.2) is 34.9 Å². The summed E-state index contributed by atoms with van der Waals surface area (Å²) in [5.74, 6) is 2.86. The van der Waals surface area contributed by atoms with Crippen molar-refractivity contribution in [2.45, 2.75) is 84.5 Å². The molecule has 7 heteroatoms. The third kappa shape index (κ3) is 3.85. The molecule has 0 N–H and O–H groups in total. The highest BCUT2D eigenvalue weighted by atomic mass is 17.2. The minimum absolute atomic E-state index is 0.0816. The summed E-state index contributed by atoms with van der Waals surface area (Å²) in [6, 6.07) is 6.80. The Morgan fingerprint density at radius 2 is 1.88 bits per heavy atom. The highest BCUT2D eigenvalue weighted by Crippen LogP contribution is 2.66. The maximum atomic E-state index is 12.4. The fraction of sp³-hybridized carbons (Fsp3) is 0.741. The Kier molecular flexibility index (Phi) is 6.00. The molecule has 0 spiro atoms. The zero-order valence-corrected chi connectivity index (χ0v) is 20.9. The number of amides is 1. The second-order valence-corrected chi connectivity index (χ2v) is 12.1. The molecule has 1 aliphatic heterocycles. The normalized spacial score (nSPS) is 41.5. The van der Waals surface area contributed by atoms with Gasteiger partial charge in [-0.1, -0.05) is 20.8 Å². The van der Waals surface area contributed by atoms with E-state index in [1.54, 1.807) is 12.1 Å². The molecular weight excluding hydrogens is 432 g/mol. The van der Waals surface area contributed by atoms with E-state index in [-0.39, 0.29) is 22.6 Å². The van der Waals surface area contributed by atoms with Crippen molar-refractivity contribution >= 4 is 11.6 Å². The van der Waals surface area contributed by atoms with Gasteiger partial charge in [-0.05, 0) is 90.7 Å². The van der Waals surface area contributed by atoms with Gasteiger partial charge in [-0.2, -0.15) is 0 Å². The fourth-order valence-electron chi connectivity index (χ4n) is 8.44. The van der Waals surface area contributed by atoms with Crippen LogP contribution in [0.25, 0.3) is 0 Å². The molecule has 4 aliphatic rings. The second-order valence-electron chi connectivity index (χ2n) is 12.1. The predicted octanol–water partition coefficient (Wildman–Crippen LogP) is 5.52. The number of benzene rings is 1. The summed E-state index contributed by atoms with van der Waals surface area (Å²) in [7, 11) is 2.02. The minimum Gasteiger partial charge on any atom is -0.342 e. The van der Waals surface area contributed by atoms with Crippen LogP contribution in [0.15, 0.2) is 24.3 Å². The third-order valence-electron chi connectivity index (χ3n) is 10.2. The summed E-state index contributed by atoms with van der Waals surface area (Å²) in [6.07, 6.45) is 7.40. The van der Waals surface area contributed by atoms with Crippen LogP contribution in [0.3, 0.4) is 0 Å². The smallest absolute Gasteiger partial charge is 0.269 e. The molecule has 0 radical (unpaired) electrons. The van der Waals surface area contributed by atoms with Crippen LogP contribution in [0.4, 0.5) is 5.69 Å². The first kappa shape index (κ1) is 23.7. The second kappa shape index (κ2) is 8.59. The molecule has 1 aromatic rings. The molecule has 4 fully saturated rings. The highest BCUT2D eigenvalue weighted by Gasteiger charge is 2.62. The van der Waals surface area contributed by atoms with E-state index in [1.807, 2.05) is 7.05 Å². The standard InChI is InChI=1S/C27H38N2O5/c1-17-13-23-27(3,12-10-24(30)28(23)4)21-9-11-26(2)15-20(14-22(26)25(17)21)34-33-16-18-5-7-19(8-6-18)29(31)32/h5-8,17,20-23,25H,9-16H2,1-4H3/t17?,20?,21?,22?,23?,25?,26-,27-/m1/s1. The Bertz CT molecular complexity index is 951.